The minimum Gasteiger partial charge on any atom is -0.491 e. The second-order valence-electron chi connectivity index (χ2n) is 11.0. The summed E-state index contributed by atoms with van der Waals surface area (Å²) in [7, 11) is 0. The second kappa shape index (κ2) is 11.0. The van der Waals surface area contributed by atoms with Crippen molar-refractivity contribution in [3.63, 3.8) is 0 Å². The highest BCUT2D eigenvalue weighted by Gasteiger charge is 2.29. The fourth-order valence-corrected chi connectivity index (χ4v) is 3.77. The number of nitrogens with zero attached hydrogens (tertiary/aromatic N) is 1. The number of benzene rings is 1. The Kier molecular flexibility index (Phi) is 9.20. The van der Waals surface area contributed by atoms with Crippen LogP contribution in [0.1, 0.15) is 73.8 Å². The molecule has 0 aliphatic heterocycles. The minimum atomic E-state index is -0.209. The van der Waals surface area contributed by atoms with Crippen LogP contribution in [0, 0.1) is 5.92 Å². The molecule has 0 amide bonds. The molecule has 4 heteroatoms. The Balaban J connectivity index is 1.88. The van der Waals surface area contributed by atoms with Crippen LogP contribution in [0.5, 0.6) is 5.75 Å². The molecule has 0 saturated heterocycles. The SMILES string of the molecule is CC(C)N(CC(COc1ccc(CCOCC2CC2)cc1)OC(C)(C)C)C(C)(C)C. The highest BCUT2D eigenvalue weighted by molar-refractivity contribution is 5.27. The van der Waals surface area contributed by atoms with E-state index < -0.39 is 0 Å². The Hall–Kier alpha value is -1.10. The van der Waals surface area contributed by atoms with E-state index in [0.717, 1.165) is 37.8 Å². The summed E-state index contributed by atoms with van der Waals surface area (Å²) in [6.45, 7) is 20.7. The molecule has 30 heavy (non-hydrogen) atoms. The van der Waals surface area contributed by atoms with E-state index in [0.29, 0.717) is 12.6 Å². The van der Waals surface area contributed by atoms with Gasteiger partial charge in [0.15, 0.2) is 0 Å². The van der Waals surface area contributed by atoms with Crippen molar-refractivity contribution in [2.45, 2.75) is 97.9 Å². The van der Waals surface area contributed by atoms with E-state index in [9.17, 15) is 0 Å². The number of ether oxygens (including phenoxy) is 3. The van der Waals surface area contributed by atoms with Crippen LogP contribution in [0.2, 0.25) is 0 Å². The molecule has 1 saturated carbocycles. The van der Waals surface area contributed by atoms with Crippen molar-refractivity contribution in [1.29, 1.82) is 0 Å². The van der Waals surface area contributed by atoms with Gasteiger partial charge in [0.1, 0.15) is 18.5 Å². The molecule has 1 atom stereocenters. The van der Waals surface area contributed by atoms with Crippen LogP contribution >= 0.6 is 0 Å². The largest absolute Gasteiger partial charge is 0.491 e. The predicted octanol–water partition coefficient (Wildman–Crippen LogP) is 5.73. The summed E-state index contributed by atoms with van der Waals surface area (Å²) in [6, 6.07) is 8.86. The van der Waals surface area contributed by atoms with E-state index >= 15 is 0 Å². The van der Waals surface area contributed by atoms with Crippen molar-refractivity contribution < 1.29 is 14.2 Å². The van der Waals surface area contributed by atoms with Crippen molar-refractivity contribution in [3.05, 3.63) is 29.8 Å². The average molecular weight is 420 g/mol. The zero-order chi connectivity index (χ0) is 22.4. The maximum absolute atomic E-state index is 6.37. The van der Waals surface area contributed by atoms with E-state index in [1.807, 2.05) is 0 Å². The van der Waals surface area contributed by atoms with Gasteiger partial charge in [0.25, 0.3) is 0 Å². The number of hydrogen-bond donors (Lipinski definition) is 0. The molecule has 1 aromatic rings. The van der Waals surface area contributed by atoms with Crippen LogP contribution in [0.4, 0.5) is 0 Å². The lowest BCUT2D eigenvalue weighted by atomic mass is 10.0. The molecule has 0 bridgehead atoms. The molecule has 1 unspecified atom stereocenters. The Labute approximate surface area is 185 Å². The third kappa shape index (κ3) is 9.80. The Morgan fingerprint density at radius 2 is 1.63 bits per heavy atom. The summed E-state index contributed by atoms with van der Waals surface area (Å²) in [4.78, 5) is 2.48. The standard InChI is InChI=1S/C26H45NO3/c1-20(2)27(25(3,4)5)17-24(30-26(6,7)8)19-29-23-13-11-21(12-14-23)15-16-28-18-22-9-10-22/h11-14,20,22,24H,9-10,15-19H2,1-8H3. The van der Waals surface area contributed by atoms with Gasteiger partial charge in [-0.2, -0.15) is 0 Å². The van der Waals surface area contributed by atoms with Gasteiger partial charge in [0.05, 0.1) is 12.2 Å². The second-order valence-corrected chi connectivity index (χ2v) is 11.0. The Bertz CT molecular complexity index is 609. The van der Waals surface area contributed by atoms with Gasteiger partial charge in [-0.15, -0.1) is 0 Å². The van der Waals surface area contributed by atoms with Gasteiger partial charge in [-0.25, -0.2) is 0 Å². The van der Waals surface area contributed by atoms with E-state index in [1.165, 1.54) is 18.4 Å². The van der Waals surface area contributed by atoms with E-state index in [-0.39, 0.29) is 17.2 Å². The topological polar surface area (TPSA) is 30.9 Å². The van der Waals surface area contributed by atoms with Gasteiger partial charge in [0.2, 0.25) is 0 Å². The molecule has 1 aliphatic carbocycles. The summed E-state index contributed by atoms with van der Waals surface area (Å²) < 4.78 is 18.3. The van der Waals surface area contributed by atoms with Gasteiger partial charge >= 0.3 is 0 Å². The molecule has 0 radical (unpaired) electrons. The number of rotatable bonds is 12. The molecule has 0 spiro atoms. The molecule has 4 nitrogen and oxygen atoms in total. The van der Waals surface area contributed by atoms with Gasteiger partial charge in [-0.05, 0) is 98.3 Å². The zero-order valence-corrected chi connectivity index (χ0v) is 20.7. The molecular weight excluding hydrogens is 374 g/mol. The smallest absolute Gasteiger partial charge is 0.119 e. The first-order chi connectivity index (χ1) is 13.9. The molecule has 172 valence electrons. The van der Waals surface area contributed by atoms with Crippen LogP contribution < -0.4 is 4.74 Å². The first-order valence-electron chi connectivity index (χ1n) is 11.7. The Morgan fingerprint density at radius 3 is 2.13 bits per heavy atom. The first kappa shape index (κ1) is 25.2. The highest BCUT2D eigenvalue weighted by atomic mass is 16.5. The molecule has 1 aromatic carbocycles. The van der Waals surface area contributed by atoms with E-state index in [4.69, 9.17) is 14.2 Å². The monoisotopic (exact) mass is 419 g/mol. The first-order valence-corrected chi connectivity index (χ1v) is 11.7. The van der Waals surface area contributed by atoms with Crippen LogP contribution in [0.3, 0.4) is 0 Å². The third-order valence-electron chi connectivity index (χ3n) is 5.35. The molecular formula is C26H45NO3. The lowest BCUT2D eigenvalue weighted by molar-refractivity contribution is -0.0986. The summed E-state index contributed by atoms with van der Waals surface area (Å²) in [5, 5.41) is 0. The highest BCUT2D eigenvalue weighted by Crippen LogP contribution is 2.28. The van der Waals surface area contributed by atoms with Crippen molar-refractivity contribution >= 4 is 0 Å². The van der Waals surface area contributed by atoms with Crippen LogP contribution in [-0.2, 0) is 15.9 Å². The quantitative estimate of drug-likeness (QED) is 0.405. The average Bonchev–Trinajstić information content (AvgIpc) is 3.44. The maximum Gasteiger partial charge on any atom is 0.119 e. The lowest BCUT2D eigenvalue weighted by Gasteiger charge is -2.42. The normalized spacial score (nSPS) is 16.3. The van der Waals surface area contributed by atoms with Crippen LogP contribution in [-0.4, -0.2) is 54.6 Å². The Morgan fingerprint density at radius 1 is 1.00 bits per heavy atom. The summed E-state index contributed by atoms with van der Waals surface area (Å²) >= 11 is 0. The predicted molar refractivity (Wildman–Crippen MR) is 125 cm³/mol. The summed E-state index contributed by atoms with van der Waals surface area (Å²) in [5.74, 6) is 1.72. The van der Waals surface area contributed by atoms with Crippen molar-refractivity contribution in [2.75, 3.05) is 26.4 Å². The number of hydrogen-bond acceptors (Lipinski definition) is 4. The van der Waals surface area contributed by atoms with Gasteiger partial charge < -0.3 is 14.2 Å². The van der Waals surface area contributed by atoms with Gasteiger partial charge in [-0.3, -0.25) is 4.90 Å². The molecule has 0 aromatic heterocycles. The van der Waals surface area contributed by atoms with E-state index in [2.05, 4.69) is 84.6 Å². The summed E-state index contributed by atoms with van der Waals surface area (Å²) in [6.07, 6.45) is 3.65. The van der Waals surface area contributed by atoms with Crippen molar-refractivity contribution in [1.82, 2.24) is 4.90 Å². The minimum absolute atomic E-state index is 0.00197. The van der Waals surface area contributed by atoms with Crippen molar-refractivity contribution in [2.24, 2.45) is 5.92 Å². The fraction of sp³-hybridized carbons (Fsp3) is 0.769. The van der Waals surface area contributed by atoms with Crippen molar-refractivity contribution in [3.8, 4) is 5.75 Å². The zero-order valence-electron chi connectivity index (χ0n) is 20.7. The molecule has 0 heterocycles. The van der Waals surface area contributed by atoms with Crippen LogP contribution in [0.25, 0.3) is 0 Å². The molecule has 0 N–H and O–H groups in total. The van der Waals surface area contributed by atoms with Gasteiger partial charge in [-0.1, -0.05) is 12.1 Å². The fourth-order valence-electron chi connectivity index (χ4n) is 3.77. The molecule has 1 aliphatic rings. The van der Waals surface area contributed by atoms with E-state index in [1.54, 1.807) is 0 Å². The molecule has 2 rings (SSSR count). The lowest BCUT2D eigenvalue weighted by Crippen LogP contribution is -2.51. The summed E-state index contributed by atoms with van der Waals surface area (Å²) in [5.41, 5.74) is 1.16. The van der Waals surface area contributed by atoms with Crippen LogP contribution in [0.15, 0.2) is 24.3 Å². The third-order valence-corrected chi connectivity index (χ3v) is 5.35. The maximum atomic E-state index is 6.37. The van der Waals surface area contributed by atoms with Gasteiger partial charge in [0, 0.05) is 24.7 Å². The molecule has 1 fully saturated rings.